The Hall–Kier alpha value is -2.74. The van der Waals surface area contributed by atoms with Crippen molar-refractivity contribution >= 4 is 17.2 Å². The van der Waals surface area contributed by atoms with Crippen molar-refractivity contribution in [3.63, 3.8) is 0 Å². The van der Waals surface area contributed by atoms with Crippen LogP contribution in [0.25, 0.3) is 21.8 Å². The van der Waals surface area contributed by atoms with Crippen molar-refractivity contribution in [2.75, 3.05) is 6.54 Å². The summed E-state index contributed by atoms with van der Waals surface area (Å²) in [5.74, 6) is -0.529. The molecule has 1 aromatic carbocycles. The van der Waals surface area contributed by atoms with Gasteiger partial charge in [0.05, 0.1) is 12.1 Å². The van der Waals surface area contributed by atoms with Gasteiger partial charge in [0.1, 0.15) is 5.01 Å². The number of benzene rings is 1. The largest absolute Gasteiger partial charge is 0.390 e. The summed E-state index contributed by atoms with van der Waals surface area (Å²) in [6, 6.07) is 10.6. The van der Waals surface area contributed by atoms with Crippen molar-refractivity contribution in [2.24, 2.45) is 0 Å². The number of carbonyl (C=O) groups is 1. The van der Waals surface area contributed by atoms with E-state index in [1.54, 1.807) is 30.5 Å². The molecule has 0 radical (unpaired) electrons. The van der Waals surface area contributed by atoms with Crippen molar-refractivity contribution in [3.05, 3.63) is 59.2 Å². The van der Waals surface area contributed by atoms with Crippen LogP contribution in [0.15, 0.2) is 48.0 Å². The molecule has 2 heterocycles. The number of aromatic nitrogens is 2. The molecule has 0 aliphatic rings. The van der Waals surface area contributed by atoms with E-state index < -0.39 is 25.0 Å². The molecule has 1 N–H and O–H groups in total. The Morgan fingerprint density at radius 1 is 1.14 bits per heavy atom. The van der Waals surface area contributed by atoms with E-state index in [0.717, 1.165) is 33.9 Å². The molecular formula is C20H18F3N3OS. The van der Waals surface area contributed by atoms with Gasteiger partial charge < -0.3 is 5.32 Å². The second kappa shape index (κ2) is 8.52. The Morgan fingerprint density at radius 3 is 2.57 bits per heavy atom. The molecule has 8 heteroatoms. The zero-order valence-corrected chi connectivity index (χ0v) is 15.9. The number of halogens is 3. The second-order valence-electron chi connectivity index (χ2n) is 6.13. The molecule has 0 fully saturated rings. The average Bonchev–Trinajstić information content (AvgIpc) is 3.17. The Morgan fingerprint density at radius 2 is 1.89 bits per heavy atom. The second-order valence-corrected chi connectivity index (χ2v) is 6.98. The van der Waals surface area contributed by atoms with E-state index in [2.05, 4.69) is 15.3 Å². The summed E-state index contributed by atoms with van der Waals surface area (Å²) in [6.45, 7) is 1.60. The van der Waals surface area contributed by atoms with Gasteiger partial charge in [0.15, 0.2) is 0 Å². The van der Waals surface area contributed by atoms with Gasteiger partial charge >= 0.3 is 6.18 Å². The molecule has 28 heavy (non-hydrogen) atoms. The van der Waals surface area contributed by atoms with Gasteiger partial charge in [-0.1, -0.05) is 19.1 Å². The van der Waals surface area contributed by atoms with Crippen LogP contribution in [0.4, 0.5) is 13.2 Å². The Kier molecular flexibility index (Phi) is 6.08. The van der Waals surface area contributed by atoms with E-state index in [1.807, 2.05) is 24.4 Å². The van der Waals surface area contributed by atoms with Crippen molar-refractivity contribution in [3.8, 4) is 21.8 Å². The lowest BCUT2D eigenvalue weighted by Gasteiger charge is -2.08. The van der Waals surface area contributed by atoms with Crippen molar-refractivity contribution in [1.82, 2.24) is 15.3 Å². The summed E-state index contributed by atoms with van der Waals surface area (Å²) < 4.78 is 36.5. The van der Waals surface area contributed by atoms with Gasteiger partial charge in [0, 0.05) is 40.5 Å². The van der Waals surface area contributed by atoms with Gasteiger partial charge in [-0.2, -0.15) is 13.2 Å². The number of thiazole rings is 1. The molecule has 0 aliphatic heterocycles. The minimum absolute atomic E-state index is 0.308. The molecule has 0 spiro atoms. The van der Waals surface area contributed by atoms with Crippen LogP contribution in [0.1, 0.15) is 29.4 Å². The molecule has 0 saturated heterocycles. The third-order valence-electron chi connectivity index (χ3n) is 4.07. The lowest BCUT2D eigenvalue weighted by Crippen LogP contribution is -2.27. The molecule has 0 unspecified atom stereocenters. The molecule has 146 valence electrons. The SMILES string of the molecule is CCc1cc(-c2nc(-c3ccc(C(=O)NCCC(F)(F)F)cc3)cs2)ccn1. The third kappa shape index (κ3) is 5.16. The van der Waals surface area contributed by atoms with Crippen LogP contribution < -0.4 is 5.32 Å². The predicted octanol–water partition coefficient (Wildman–Crippen LogP) is 5.12. The van der Waals surface area contributed by atoms with Gasteiger partial charge in [-0.15, -0.1) is 11.3 Å². The summed E-state index contributed by atoms with van der Waals surface area (Å²) >= 11 is 1.52. The summed E-state index contributed by atoms with van der Waals surface area (Å²) in [5, 5.41) is 5.08. The molecule has 2 aromatic heterocycles. The molecular weight excluding hydrogens is 387 g/mol. The maximum absolute atomic E-state index is 12.2. The van der Waals surface area contributed by atoms with Crippen LogP contribution in [0.2, 0.25) is 0 Å². The highest BCUT2D eigenvalue weighted by Gasteiger charge is 2.26. The number of carbonyl (C=O) groups excluding carboxylic acids is 1. The van der Waals surface area contributed by atoms with E-state index in [0.29, 0.717) is 5.56 Å². The lowest BCUT2D eigenvalue weighted by atomic mass is 10.1. The van der Waals surface area contributed by atoms with Gasteiger partial charge in [0.2, 0.25) is 0 Å². The van der Waals surface area contributed by atoms with E-state index in [4.69, 9.17) is 0 Å². The molecule has 0 atom stereocenters. The van der Waals surface area contributed by atoms with Crippen LogP contribution in [0.5, 0.6) is 0 Å². The highest BCUT2D eigenvalue weighted by Crippen LogP contribution is 2.29. The molecule has 0 aliphatic carbocycles. The highest BCUT2D eigenvalue weighted by molar-refractivity contribution is 7.13. The standard InChI is InChI=1S/C20H18F3N3OS/c1-2-16-11-15(7-9-24-16)19-26-17(12-28-19)13-3-5-14(6-4-13)18(27)25-10-8-20(21,22)23/h3-7,9,11-12H,2,8,10H2,1H3,(H,25,27). The molecule has 0 bridgehead atoms. The summed E-state index contributed by atoms with van der Waals surface area (Å²) in [7, 11) is 0. The zero-order chi connectivity index (χ0) is 20.1. The van der Waals surface area contributed by atoms with E-state index in [9.17, 15) is 18.0 Å². The van der Waals surface area contributed by atoms with Gasteiger partial charge in [-0.3, -0.25) is 9.78 Å². The predicted molar refractivity (Wildman–Crippen MR) is 103 cm³/mol. The van der Waals surface area contributed by atoms with Crippen LogP contribution >= 0.6 is 11.3 Å². The number of aryl methyl sites for hydroxylation is 1. The van der Waals surface area contributed by atoms with Crippen LogP contribution in [0.3, 0.4) is 0 Å². The van der Waals surface area contributed by atoms with E-state index in [1.165, 1.54) is 11.3 Å². The van der Waals surface area contributed by atoms with Crippen molar-refractivity contribution in [2.45, 2.75) is 25.9 Å². The van der Waals surface area contributed by atoms with Crippen LogP contribution in [-0.2, 0) is 6.42 Å². The molecule has 3 rings (SSSR count). The normalized spacial score (nSPS) is 11.4. The fourth-order valence-electron chi connectivity index (χ4n) is 2.56. The number of amides is 1. The number of hydrogen-bond acceptors (Lipinski definition) is 4. The van der Waals surface area contributed by atoms with Crippen LogP contribution in [-0.4, -0.2) is 28.6 Å². The first kappa shape index (κ1) is 20.0. The summed E-state index contributed by atoms with van der Waals surface area (Å²) in [4.78, 5) is 20.9. The number of nitrogens with one attached hydrogen (secondary N) is 1. The van der Waals surface area contributed by atoms with E-state index in [-0.39, 0.29) is 0 Å². The first-order chi connectivity index (χ1) is 13.4. The smallest absolute Gasteiger partial charge is 0.352 e. The van der Waals surface area contributed by atoms with Crippen molar-refractivity contribution in [1.29, 1.82) is 0 Å². The monoisotopic (exact) mass is 405 g/mol. The number of hydrogen-bond donors (Lipinski definition) is 1. The lowest BCUT2D eigenvalue weighted by molar-refractivity contribution is -0.132. The molecule has 4 nitrogen and oxygen atoms in total. The Balaban J connectivity index is 1.68. The summed E-state index contributed by atoms with van der Waals surface area (Å²) in [6.07, 6.45) is -2.72. The Bertz CT molecular complexity index is 952. The maximum Gasteiger partial charge on any atom is 0.390 e. The van der Waals surface area contributed by atoms with Gasteiger partial charge in [0.25, 0.3) is 5.91 Å². The molecule has 0 saturated carbocycles. The topological polar surface area (TPSA) is 54.9 Å². The first-order valence-corrected chi connectivity index (χ1v) is 9.60. The van der Waals surface area contributed by atoms with E-state index >= 15 is 0 Å². The molecule has 1 amide bonds. The Labute approximate surface area is 164 Å². The zero-order valence-electron chi connectivity index (χ0n) is 15.1. The van der Waals surface area contributed by atoms with Gasteiger partial charge in [-0.25, -0.2) is 4.98 Å². The molecule has 3 aromatic rings. The minimum Gasteiger partial charge on any atom is -0.352 e. The minimum atomic E-state index is -4.29. The summed E-state index contributed by atoms with van der Waals surface area (Å²) in [5.41, 5.74) is 3.92. The number of pyridine rings is 1. The van der Waals surface area contributed by atoms with Crippen LogP contribution in [0, 0.1) is 0 Å². The quantitative estimate of drug-likeness (QED) is 0.620. The third-order valence-corrected chi connectivity index (χ3v) is 4.96. The average molecular weight is 405 g/mol. The fraction of sp³-hybridized carbons (Fsp3) is 0.250. The fourth-order valence-corrected chi connectivity index (χ4v) is 3.38. The van der Waals surface area contributed by atoms with Crippen molar-refractivity contribution < 1.29 is 18.0 Å². The number of nitrogens with zero attached hydrogens (tertiary/aromatic N) is 2. The number of rotatable bonds is 6. The van der Waals surface area contributed by atoms with Gasteiger partial charge in [-0.05, 0) is 30.7 Å². The first-order valence-electron chi connectivity index (χ1n) is 8.72. The maximum atomic E-state index is 12.2. The highest BCUT2D eigenvalue weighted by atomic mass is 32.1. The number of alkyl halides is 3.